The zero-order chi connectivity index (χ0) is 36.3. The molecule has 0 amide bonds. The molecule has 0 bridgehead atoms. The maximum Gasteiger partial charge on any atom is 0.136 e. The Bertz CT molecular complexity index is 3190. The van der Waals surface area contributed by atoms with E-state index in [-0.39, 0.29) is 0 Å². The van der Waals surface area contributed by atoms with Gasteiger partial charge in [0.15, 0.2) is 0 Å². The number of benzene rings is 9. The van der Waals surface area contributed by atoms with E-state index in [2.05, 4.69) is 193 Å². The fourth-order valence-corrected chi connectivity index (χ4v) is 9.30. The van der Waals surface area contributed by atoms with Crippen LogP contribution in [0.4, 0.5) is 17.1 Å². The molecule has 0 aliphatic carbocycles. The molecule has 0 unspecified atom stereocenters. The van der Waals surface area contributed by atoms with E-state index in [1.165, 1.54) is 53.2 Å². The van der Waals surface area contributed by atoms with Crippen molar-refractivity contribution in [3.63, 3.8) is 0 Å². The maximum absolute atomic E-state index is 6.27. The molecule has 2 heterocycles. The number of furan rings is 1. The molecular formula is C52H33NOS. The van der Waals surface area contributed by atoms with Gasteiger partial charge in [-0.1, -0.05) is 127 Å². The largest absolute Gasteiger partial charge is 0.456 e. The first-order valence-electron chi connectivity index (χ1n) is 18.7. The monoisotopic (exact) mass is 719 g/mol. The van der Waals surface area contributed by atoms with Gasteiger partial charge in [0.1, 0.15) is 11.2 Å². The van der Waals surface area contributed by atoms with Crippen molar-refractivity contribution in [3.05, 3.63) is 200 Å². The van der Waals surface area contributed by atoms with Crippen molar-refractivity contribution in [1.82, 2.24) is 0 Å². The normalized spacial score (nSPS) is 11.6. The van der Waals surface area contributed by atoms with Crippen molar-refractivity contribution in [2.24, 2.45) is 0 Å². The topological polar surface area (TPSA) is 16.4 Å². The van der Waals surface area contributed by atoms with Crippen molar-refractivity contribution in [1.29, 1.82) is 0 Å². The fraction of sp³-hybridized carbons (Fsp3) is 0. The van der Waals surface area contributed by atoms with Gasteiger partial charge < -0.3 is 9.32 Å². The van der Waals surface area contributed by atoms with Crippen LogP contribution in [0.15, 0.2) is 205 Å². The molecule has 0 aliphatic rings. The third kappa shape index (κ3) is 5.48. The predicted octanol–water partition coefficient (Wildman–Crippen LogP) is 15.6. The minimum Gasteiger partial charge on any atom is -0.456 e. The molecule has 11 aromatic rings. The summed E-state index contributed by atoms with van der Waals surface area (Å²) in [4.78, 5) is 2.36. The molecule has 9 aromatic carbocycles. The molecule has 3 heteroatoms. The van der Waals surface area contributed by atoms with Crippen LogP contribution in [0.1, 0.15) is 0 Å². The number of anilines is 3. The van der Waals surface area contributed by atoms with E-state index < -0.39 is 0 Å². The Labute approximate surface area is 322 Å². The zero-order valence-corrected chi connectivity index (χ0v) is 30.6. The Morgan fingerprint density at radius 2 is 0.982 bits per heavy atom. The van der Waals surface area contributed by atoms with Crippen molar-refractivity contribution in [2.45, 2.75) is 0 Å². The van der Waals surface area contributed by atoms with Crippen LogP contribution in [-0.2, 0) is 0 Å². The van der Waals surface area contributed by atoms with Gasteiger partial charge in [-0.05, 0) is 117 Å². The lowest BCUT2D eigenvalue weighted by Gasteiger charge is -2.26. The average molecular weight is 720 g/mol. The summed E-state index contributed by atoms with van der Waals surface area (Å²) in [7, 11) is 0. The van der Waals surface area contributed by atoms with Gasteiger partial charge in [0, 0.05) is 48.0 Å². The molecule has 258 valence electrons. The van der Waals surface area contributed by atoms with Crippen LogP contribution in [0.5, 0.6) is 0 Å². The summed E-state index contributed by atoms with van der Waals surface area (Å²) < 4.78 is 8.93. The molecule has 55 heavy (non-hydrogen) atoms. The van der Waals surface area contributed by atoms with E-state index in [1.54, 1.807) is 0 Å². The van der Waals surface area contributed by atoms with Gasteiger partial charge in [0.25, 0.3) is 0 Å². The third-order valence-electron chi connectivity index (χ3n) is 10.8. The van der Waals surface area contributed by atoms with Gasteiger partial charge in [-0.2, -0.15) is 0 Å². The van der Waals surface area contributed by atoms with E-state index >= 15 is 0 Å². The van der Waals surface area contributed by atoms with Crippen LogP contribution in [0, 0.1) is 0 Å². The van der Waals surface area contributed by atoms with E-state index in [1.807, 2.05) is 23.5 Å². The summed E-state index contributed by atoms with van der Waals surface area (Å²) in [5.41, 5.74) is 12.2. The first kappa shape index (κ1) is 31.6. The summed E-state index contributed by atoms with van der Waals surface area (Å²) in [6.07, 6.45) is 0. The quantitative estimate of drug-likeness (QED) is 0.170. The molecule has 0 fully saturated rings. The van der Waals surface area contributed by atoms with E-state index in [4.69, 9.17) is 4.42 Å². The molecule has 0 aliphatic heterocycles. The molecule has 2 aromatic heterocycles. The summed E-state index contributed by atoms with van der Waals surface area (Å²) in [6.45, 7) is 0. The van der Waals surface area contributed by atoms with Crippen molar-refractivity contribution in [2.75, 3.05) is 4.90 Å². The van der Waals surface area contributed by atoms with Crippen molar-refractivity contribution < 1.29 is 4.42 Å². The lowest BCUT2D eigenvalue weighted by molar-refractivity contribution is 0.669. The maximum atomic E-state index is 6.27. The number of fused-ring (bicyclic) bond motifs is 7. The lowest BCUT2D eigenvalue weighted by atomic mass is 9.98. The molecule has 0 saturated heterocycles. The SMILES string of the molecule is c1ccc(-c2ccc(N(c3ccc(-c4ccc5cc6c(cc5c4)sc4ccccc46)cc3)c3cccc(-c4cccc5oc6ccccc6c45)c3)cc2)cc1. The second-order valence-electron chi connectivity index (χ2n) is 14.1. The molecule has 0 radical (unpaired) electrons. The van der Waals surface area contributed by atoms with Crippen LogP contribution in [-0.4, -0.2) is 0 Å². The molecular weight excluding hydrogens is 687 g/mol. The second-order valence-corrected chi connectivity index (χ2v) is 15.2. The minimum atomic E-state index is 0.898. The van der Waals surface area contributed by atoms with Gasteiger partial charge in [-0.25, -0.2) is 0 Å². The summed E-state index contributed by atoms with van der Waals surface area (Å²) in [5.74, 6) is 0. The van der Waals surface area contributed by atoms with Gasteiger partial charge in [0.05, 0.1) is 0 Å². The molecule has 0 spiro atoms. The van der Waals surface area contributed by atoms with Crippen molar-refractivity contribution >= 4 is 81.3 Å². The highest BCUT2D eigenvalue weighted by Gasteiger charge is 2.17. The number of nitrogens with zero attached hydrogens (tertiary/aromatic N) is 1. The van der Waals surface area contributed by atoms with Crippen LogP contribution in [0.2, 0.25) is 0 Å². The fourth-order valence-electron chi connectivity index (χ4n) is 8.16. The Morgan fingerprint density at radius 3 is 1.80 bits per heavy atom. The van der Waals surface area contributed by atoms with Crippen LogP contribution < -0.4 is 4.90 Å². The molecule has 2 nitrogen and oxygen atoms in total. The predicted molar refractivity (Wildman–Crippen MR) is 235 cm³/mol. The van der Waals surface area contributed by atoms with Crippen molar-refractivity contribution in [3.8, 4) is 33.4 Å². The lowest BCUT2D eigenvalue weighted by Crippen LogP contribution is -2.10. The molecule has 0 saturated carbocycles. The Morgan fingerprint density at radius 1 is 0.345 bits per heavy atom. The zero-order valence-electron chi connectivity index (χ0n) is 29.8. The molecule has 11 rings (SSSR count). The number of para-hydroxylation sites is 1. The van der Waals surface area contributed by atoms with Gasteiger partial charge in [-0.15, -0.1) is 11.3 Å². The van der Waals surface area contributed by atoms with Crippen LogP contribution >= 0.6 is 11.3 Å². The Kier molecular flexibility index (Phi) is 7.39. The third-order valence-corrected chi connectivity index (χ3v) is 12.0. The number of thiophene rings is 1. The molecule has 0 atom stereocenters. The summed E-state index contributed by atoms with van der Waals surface area (Å²) in [6, 6.07) is 72.2. The standard InChI is InChI=1S/C52H33NOS/c1-2-10-34(11-3-1)35-22-26-41(27-23-35)53(43-13-8-12-39(31-43)44-16-9-18-49-52(44)46-15-4-6-17-48(46)54-49)42-28-24-36(25-29-42)37-20-21-38-32-47-45-14-5-7-19-50(45)55-51(47)33-40(38)30-37/h1-33H. The first-order valence-corrected chi connectivity index (χ1v) is 19.5. The highest BCUT2D eigenvalue weighted by Crippen LogP contribution is 2.42. The highest BCUT2D eigenvalue weighted by molar-refractivity contribution is 7.25. The number of rotatable bonds is 6. The van der Waals surface area contributed by atoms with Gasteiger partial charge in [0.2, 0.25) is 0 Å². The van der Waals surface area contributed by atoms with Gasteiger partial charge in [-0.3, -0.25) is 0 Å². The average Bonchev–Trinajstić information content (AvgIpc) is 3.82. The van der Waals surface area contributed by atoms with Crippen LogP contribution in [0.25, 0.3) is 86.3 Å². The Hall–Kier alpha value is -6.94. The highest BCUT2D eigenvalue weighted by atomic mass is 32.1. The van der Waals surface area contributed by atoms with E-state index in [0.29, 0.717) is 0 Å². The number of hydrogen-bond donors (Lipinski definition) is 0. The van der Waals surface area contributed by atoms with Gasteiger partial charge >= 0.3 is 0 Å². The summed E-state index contributed by atoms with van der Waals surface area (Å²) in [5, 5.41) is 7.46. The second kappa shape index (κ2) is 12.9. The first-order chi connectivity index (χ1) is 27.2. The van der Waals surface area contributed by atoms with Crippen LogP contribution in [0.3, 0.4) is 0 Å². The minimum absolute atomic E-state index is 0.898. The smallest absolute Gasteiger partial charge is 0.136 e. The molecule has 0 N–H and O–H groups in total. The number of hydrogen-bond acceptors (Lipinski definition) is 3. The Balaban J connectivity index is 1.00. The van der Waals surface area contributed by atoms with E-state index in [9.17, 15) is 0 Å². The van der Waals surface area contributed by atoms with E-state index in [0.717, 1.165) is 50.1 Å². The summed E-state index contributed by atoms with van der Waals surface area (Å²) >= 11 is 1.87.